The zero-order valence-corrected chi connectivity index (χ0v) is 13.0. The van der Waals surface area contributed by atoms with Gasteiger partial charge < -0.3 is 14.0 Å². The van der Waals surface area contributed by atoms with Crippen LogP contribution in [0.4, 0.5) is 0 Å². The molecule has 1 atom stereocenters. The fourth-order valence-corrected chi connectivity index (χ4v) is 2.98. The van der Waals surface area contributed by atoms with Gasteiger partial charge in [0.15, 0.2) is 11.5 Å². The van der Waals surface area contributed by atoms with Crippen LogP contribution in [0.5, 0.6) is 11.5 Å². The number of alkyl halides is 1. The van der Waals surface area contributed by atoms with E-state index >= 15 is 0 Å². The van der Waals surface area contributed by atoms with E-state index < -0.39 is 0 Å². The van der Waals surface area contributed by atoms with Gasteiger partial charge >= 0.3 is 0 Å². The van der Waals surface area contributed by atoms with Crippen LogP contribution in [-0.2, 0) is 5.88 Å². The summed E-state index contributed by atoms with van der Waals surface area (Å²) in [4.78, 5) is 4.64. The largest absolute Gasteiger partial charge is 0.493 e. The minimum absolute atomic E-state index is 0.307. The average Bonchev–Trinajstić information content (AvgIpc) is 2.92. The number of benzene rings is 1. The SMILES string of the molecule is COc1cc2nc(CCl)n(C3CC3(C)C)c2cc1OC. The highest BCUT2D eigenvalue weighted by molar-refractivity contribution is 6.16. The molecular weight excluding hydrogens is 276 g/mol. The van der Waals surface area contributed by atoms with Gasteiger partial charge in [0.1, 0.15) is 5.82 Å². The standard InChI is InChI=1S/C15H19ClN2O2/c1-15(2)7-13(15)18-10-6-12(20-4)11(19-3)5-9(10)17-14(18)8-16/h5-6,13H,7-8H2,1-4H3. The monoisotopic (exact) mass is 294 g/mol. The lowest BCUT2D eigenvalue weighted by Crippen LogP contribution is -2.04. The first kappa shape index (κ1) is 13.6. The average molecular weight is 295 g/mol. The molecule has 0 aliphatic heterocycles. The Bertz CT molecular complexity index is 663. The first-order chi connectivity index (χ1) is 9.51. The van der Waals surface area contributed by atoms with E-state index in [9.17, 15) is 0 Å². The molecule has 108 valence electrons. The number of aromatic nitrogens is 2. The van der Waals surface area contributed by atoms with E-state index in [0.717, 1.165) is 29.0 Å². The molecule has 0 amide bonds. The van der Waals surface area contributed by atoms with Gasteiger partial charge in [0.05, 0.1) is 31.1 Å². The van der Waals surface area contributed by atoms with Crippen molar-refractivity contribution in [3.05, 3.63) is 18.0 Å². The smallest absolute Gasteiger partial charge is 0.163 e. The lowest BCUT2D eigenvalue weighted by Gasteiger charge is -2.11. The Morgan fingerprint density at radius 2 is 1.90 bits per heavy atom. The molecular formula is C15H19ClN2O2. The van der Waals surface area contributed by atoms with Crippen LogP contribution in [-0.4, -0.2) is 23.8 Å². The van der Waals surface area contributed by atoms with Gasteiger partial charge in [-0.1, -0.05) is 13.8 Å². The molecule has 1 heterocycles. The van der Waals surface area contributed by atoms with Gasteiger partial charge in [-0.25, -0.2) is 4.98 Å². The molecule has 20 heavy (non-hydrogen) atoms. The normalized spacial score (nSPS) is 20.1. The van der Waals surface area contributed by atoms with E-state index in [4.69, 9.17) is 21.1 Å². The lowest BCUT2D eigenvalue weighted by atomic mass is 10.2. The van der Waals surface area contributed by atoms with E-state index in [1.807, 2.05) is 12.1 Å². The Morgan fingerprint density at radius 3 is 2.40 bits per heavy atom. The van der Waals surface area contributed by atoms with Crippen molar-refractivity contribution in [2.75, 3.05) is 14.2 Å². The Kier molecular flexibility index (Phi) is 3.09. The zero-order valence-electron chi connectivity index (χ0n) is 12.2. The van der Waals surface area contributed by atoms with Gasteiger partial charge in [0.25, 0.3) is 0 Å². The molecule has 1 aromatic carbocycles. The summed E-state index contributed by atoms with van der Waals surface area (Å²) in [5, 5.41) is 0. The lowest BCUT2D eigenvalue weighted by molar-refractivity contribution is 0.355. The number of ether oxygens (including phenoxy) is 2. The fraction of sp³-hybridized carbons (Fsp3) is 0.533. The number of imidazole rings is 1. The van der Waals surface area contributed by atoms with E-state index in [1.54, 1.807) is 14.2 Å². The highest BCUT2D eigenvalue weighted by atomic mass is 35.5. The second kappa shape index (κ2) is 4.55. The topological polar surface area (TPSA) is 36.3 Å². The number of rotatable bonds is 4. The van der Waals surface area contributed by atoms with Crippen molar-refractivity contribution in [1.29, 1.82) is 0 Å². The molecule has 1 aliphatic rings. The predicted octanol–water partition coefficient (Wildman–Crippen LogP) is 3.76. The second-order valence-corrected chi connectivity index (χ2v) is 6.20. The summed E-state index contributed by atoms with van der Waals surface area (Å²) in [6.07, 6.45) is 1.15. The molecule has 4 nitrogen and oxygen atoms in total. The molecule has 0 bridgehead atoms. The minimum Gasteiger partial charge on any atom is -0.493 e. The number of methoxy groups -OCH3 is 2. The molecule has 1 aromatic heterocycles. The van der Waals surface area contributed by atoms with E-state index in [2.05, 4.69) is 23.4 Å². The molecule has 3 rings (SSSR count). The minimum atomic E-state index is 0.307. The Labute approximate surface area is 123 Å². The third-order valence-corrected chi connectivity index (χ3v) is 4.40. The molecule has 1 saturated carbocycles. The van der Waals surface area contributed by atoms with Crippen molar-refractivity contribution in [3.63, 3.8) is 0 Å². The van der Waals surface area contributed by atoms with Crippen molar-refractivity contribution in [1.82, 2.24) is 9.55 Å². The fourth-order valence-electron chi connectivity index (χ4n) is 2.79. The van der Waals surface area contributed by atoms with Crippen molar-refractivity contribution in [2.45, 2.75) is 32.2 Å². The molecule has 1 unspecified atom stereocenters. The molecule has 1 fully saturated rings. The first-order valence-corrected chi connectivity index (χ1v) is 7.24. The third kappa shape index (κ3) is 1.94. The number of halogens is 1. The Hall–Kier alpha value is -1.42. The number of fused-ring (bicyclic) bond motifs is 1. The summed E-state index contributed by atoms with van der Waals surface area (Å²) in [6, 6.07) is 4.36. The highest BCUT2D eigenvalue weighted by Crippen LogP contribution is 2.57. The highest BCUT2D eigenvalue weighted by Gasteiger charge is 2.48. The Morgan fingerprint density at radius 1 is 1.30 bits per heavy atom. The second-order valence-electron chi connectivity index (χ2n) is 5.94. The van der Waals surface area contributed by atoms with Crippen molar-refractivity contribution >= 4 is 22.6 Å². The van der Waals surface area contributed by atoms with Gasteiger partial charge in [0.2, 0.25) is 0 Å². The van der Waals surface area contributed by atoms with E-state index in [-0.39, 0.29) is 0 Å². The first-order valence-electron chi connectivity index (χ1n) is 6.70. The van der Waals surface area contributed by atoms with Crippen LogP contribution in [0.3, 0.4) is 0 Å². The number of hydrogen-bond donors (Lipinski definition) is 0. The molecule has 0 saturated heterocycles. The quantitative estimate of drug-likeness (QED) is 0.806. The van der Waals surface area contributed by atoms with E-state index in [0.29, 0.717) is 23.1 Å². The van der Waals surface area contributed by atoms with Crippen LogP contribution in [0, 0.1) is 5.41 Å². The maximum atomic E-state index is 6.07. The summed E-state index contributed by atoms with van der Waals surface area (Å²) in [5.41, 5.74) is 2.27. The summed E-state index contributed by atoms with van der Waals surface area (Å²) >= 11 is 6.07. The molecule has 2 aromatic rings. The van der Waals surface area contributed by atoms with E-state index in [1.165, 1.54) is 0 Å². The maximum Gasteiger partial charge on any atom is 0.163 e. The molecule has 0 spiro atoms. The van der Waals surface area contributed by atoms with Crippen LogP contribution in [0.25, 0.3) is 11.0 Å². The third-order valence-electron chi connectivity index (χ3n) is 4.16. The molecule has 0 N–H and O–H groups in total. The van der Waals surface area contributed by atoms with Crippen molar-refractivity contribution < 1.29 is 9.47 Å². The van der Waals surface area contributed by atoms with Crippen LogP contribution < -0.4 is 9.47 Å². The summed E-state index contributed by atoms with van der Waals surface area (Å²) in [7, 11) is 3.28. The summed E-state index contributed by atoms with van der Waals surface area (Å²) in [6.45, 7) is 4.53. The van der Waals surface area contributed by atoms with Gasteiger partial charge in [0, 0.05) is 18.2 Å². The van der Waals surface area contributed by atoms with Crippen LogP contribution >= 0.6 is 11.6 Å². The summed E-state index contributed by atoms with van der Waals surface area (Å²) < 4.78 is 13.0. The van der Waals surface area contributed by atoms with Crippen LogP contribution in [0.15, 0.2) is 12.1 Å². The number of hydrogen-bond acceptors (Lipinski definition) is 3. The van der Waals surface area contributed by atoms with Crippen molar-refractivity contribution in [2.24, 2.45) is 5.41 Å². The molecule has 5 heteroatoms. The zero-order chi connectivity index (χ0) is 14.5. The molecule has 1 aliphatic carbocycles. The summed E-state index contributed by atoms with van der Waals surface area (Å²) in [5.74, 6) is 2.74. The van der Waals surface area contributed by atoms with Crippen molar-refractivity contribution in [3.8, 4) is 11.5 Å². The van der Waals surface area contributed by atoms with Gasteiger partial charge in [-0.3, -0.25) is 0 Å². The maximum absolute atomic E-state index is 6.07. The number of nitrogens with zero attached hydrogens (tertiary/aromatic N) is 2. The Balaban J connectivity index is 2.22. The molecule has 0 radical (unpaired) electrons. The van der Waals surface area contributed by atoms with Crippen LogP contribution in [0.2, 0.25) is 0 Å². The van der Waals surface area contributed by atoms with Gasteiger partial charge in [-0.15, -0.1) is 11.6 Å². The van der Waals surface area contributed by atoms with Gasteiger partial charge in [-0.2, -0.15) is 0 Å². The predicted molar refractivity (Wildman–Crippen MR) is 79.8 cm³/mol. The van der Waals surface area contributed by atoms with Gasteiger partial charge in [-0.05, 0) is 11.8 Å². The van der Waals surface area contributed by atoms with Crippen LogP contribution in [0.1, 0.15) is 32.1 Å².